The highest BCUT2D eigenvalue weighted by molar-refractivity contribution is 6.59. The lowest BCUT2D eigenvalue weighted by molar-refractivity contribution is -0.0931. The molecule has 0 rings (SSSR count). The maximum absolute atomic E-state index is 5.89. The predicted molar refractivity (Wildman–Crippen MR) is 99.1 cm³/mol. The minimum atomic E-state index is -0.423. The van der Waals surface area contributed by atoms with Crippen molar-refractivity contribution in [3.8, 4) is 0 Å². The van der Waals surface area contributed by atoms with Crippen molar-refractivity contribution in [2.75, 3.05) is 26.4 Å². The summed E-state index contributed by atoms with van der Waals surface area (Å²) in [6, 6.07) is 0. The maximum atomic E-state index is 5.89. The van der Waals surface area contributed by atoms with Crippen LogP contribution >= 0.6 is 0 Å². The molecule has 0 bridgehead atoms. The van der Waals surface area contributed by atoms with E-state index in [9.17, 15) is 0 Å². The van der Waals surface area contributed by atoms with E-state index in [-0.39, 0.29) is 11.8 Å². The van der Waals surface area contributed by atoms with Crippen LogP contribution in [0.2, 0.25) is 5.16 Å². The van der Waals surface area contributed by atoms with Crippen LogP contribution in [0.5, 0.6) is 0 Å². The van der Waals surface area contributed by atoms with E-state index in [1.54, 1.807) is 0 Å². The average molecular weight is 351 g/mol. The van der Waals surface area contributed by atoms with Crippen molar-refractivity contribution in [3.63, 3.8) is 0 Å². The minimum Gasteiger partial charge on any atom is -0.357 e. The summed E-state index contributed by atoms with van der Waals surface area (Å²) < 4.78 is 23.6. The second kappa shape index (κ2) is 16.1. The molecule has 0 aromatic carbocycles. The Kier molecular flexibility index (Phi) is 16.3. The predicted octanol–water partition coefficient (Wildman–Crippen LogP) is 2.36. The molecule has 0 aromatic heterocycles. The van der Waals surface area contributed by atoms with E-state index in [0.717, 1.165) is 57.3 Å². The summed E-state index contributed by atoms with van der Waals surface area (Å²) in [5.74, 6) is 0.140. The third-order valence-electron chi connectivity index (χ3n) is 3.22. The Balaban J connectivity index is 4.24. The highest BCUT2D eigenvalue weighted by Crippen LogP contribution is 2.10. The first-order chi connectivity index (χ1) is 10.7. The van der Waals surface area contributed by atoms with E-state index in [4.69, 9.17) is 18.9 Å². The molecule has 0 atom stereocenters. The fourth-order valence-electron chi connectivity index (χ4n) is 2.12. The van der Waals surface area contributed by atoms with Gasteiger partial charge in [-0.15, -0.1) is 0 Å². The molecular formula is C16H38O4Si2. The zero-order valence-corrected chi connectivity index (χ0v) is 18.3. The van der Waals surface area contributed by atoms with Crippen molar-refractivity contribution < 1.29 is 18.9 Å². The Hall–Kier alpha value is 0.274. The van der Waals surface area contributed by atoms with Gasteiger partial charge in [0.25, 0.3) is 0 Å². The van der Waals surface area contributed by atoms with Crippen LogP contribution in [0.15, 0.2) is 0 Å². The van der Waals surface area contributed by atoms with Gasteiger partial charge in [0.2, 0.25) is 0 Å². The molecule has 0 radical (unpaired) electrons. The Morgan fingerprint density at radius 1 is 0.591 bits per heavy atom. The smallest absolute Gasteiger partial charge is 0.134 e. The molecule has 0 saturated heterocycles. The summed E-state index contributed by atoms with van der Waals surface area (Å²) in [6.45, 7) is 14.1. The summed E-state index contributed by atoms with van der Waals surface area (Å²) >= 11 is 0. The molecule has 0 aliphatic rings. The largest absolute Gasteiger partial charge is 0.357 e. The number of hydrogen-bond donors (Lipinski definition) is 0. The second-order valence-corrected chi connectivity index (χ2v) is 12.1. The van der Waals surface area contributed by atoms with Crippen molar-refractivity contribution in [2.24, 2.45) is 0 Å². The number of hydrogen-bond acceptors (Lipinski definition) is 4. The van der Waals surface area contributed by atoms with E-state index in [1.807, 2.05) is 0 Å². The molecule has 0 aliphatic heterocycles. The lowest BCUT2D eigenvalue weighted by Crippen LogP contribution is -2.35. The summed E-state index contributed by atoms with van der Waals surface area (Å²) in [6.07, 6.45) is 4.20. The number of ether oxygens (including phenoxy) is 4. The van der Waals surface area contributed by atoms with Gasteiger partial charge >= 0.3 is 0 Å². The van der Waals surface area contributed by atoms with Gasteiger partial charge in [0.05, 0.1) is 19.0 Å². The van der Waals surface area contributed by atoms with Crippen LogP contribution in [0.25, 0.3) is 0 Å². The van der Waals surface area contributed by atoms with Gasteiger partial charge in [-0.05, 0) is 25.7 Å². The van der Waals surface area contributed by atoms with E-state index < -0.39 is 19.0 Å². The van der Waals surface area contributed by atoms with Gasteiger partial charge < -0.3 is 18.9 Å². The fraction of sp³-hybridized carbons (Fsp3) is 1.00. The van der Waals surface area contributed by atoms with Crippen LogP contribution in [0.3, 0.4) is 0 Å². The first-order valence-corrected chi connectivity index (χ1v) is 12.4. The standard InChI is InChI=1S/C16H38O4Si2/c1-6-10-17-15(18-11-7-2)21-14(5)22-16(19-12-8-3)20-13-9-4/h14-16H,6-13,21-22H2,1-5H3. The molecule has 0 saturated carbocycles. The van der Waals surface area contributed by atoms with E-state index in [1.165, 1.54) is 0 Å². The van der Waals surface area contributed by atoms with Crippen molar-refractivity contribution in [1.29, 1.82) is 0 Å². The van der Waals surface area contributed by atoms with Gasteiger partial charge in [-0.3, -0.25) is 0 Å². The fourth-order valence-corrected chi connectivity index (χ4v) is 7.05. The quantitative estimate of drug-likeness (QED) is 0.316. The molecule has 134 valence electrons. The van der Waals surface area contributed by atoms with Crippen LogP contribution in [0.4, 0.5) is 0 Å². The van der Waals surface area contributed by atoms with Crippen molar-refractivity contribution in [3.05, 3.63) is 0 Å². The van der Waals surface area contributed by atoms with Crippen LogP contribution in [-0.2, 0) is 18.9 Å². The lowest BCUT2D eigenvalue weighted by Gasteiger charge is -2.24. The Bertz CT molecular complexity index is 194. The highest BCUT2D eigenvalue weighted by Gasteiger charge is 2.20. The van der Waals surface area contributed by atoms with Gasteiger partial charge in [-0.25, -0.2) is 0 Å². The van der Waals surface area contributed by atoms with Gasteiger partial charge in [0, 0.05) is 26.4 Å². The molecule has 6 heteroatoms. The summed E-state index contributed by atoms with van der Waals surface area (Å²) in [4.78, 5) is 0. The molecule has 0 aliphatic carbocycles. The van der Waals surface area contributed by atoms with Crippen LogP contribution in [-0.4, -0.2) is 57.3 Å². The maximum Gasteiger partial charge on any atom is 0.134 e. The summed E-state index contributed by atoms with van der Waals surface area (Å²) in [7, 11) is -0.846. The molecule has 0 fully saturated rings. The normalized spacial score (nSPS) is 14.3. The van der Waals surface area contributed by atoms with Crippen LogP contribution in [0, 0.1) is 0 Å². The molecule has 0 amide bonds. The van der Waals surface area contributed by atoms with Crippen LogP contribution in [0.1, 0.15) is 60.3 Å². The van der Waals surface area contributed by atoms with Gasteiger partial charge in [0.1, 0.15) is 11.8 Å². The Morgan fingerprint density at radius 3 is 1.09 bits per heavy atom. The Morgan fingerprint density at radius 2 is 0.864 bits per heavy atom. The molecule has 4 nitrogen and oxygen atoms in total. The second-order valence-electron chi connectivity index (χ2n) is 5.92. The van der Waals surface area contributed by atoms with Crippen LogP contribution < -0.4 is 0 Å². The average Bonchev–Trinajstić information content (AvgIpc) is 2.52. The molecule has 0 spiro atoms. The monoisotopic (exact) mass is 350 g/mol. The zero-order valence-electron chi connectivity index (χ0n) is 15.4. The minimum absolute atomic E-state index is 0.0698. The molecular weight excluding hydrogens is 312 g/mol. The van der Waals surface area contributed by atoms with E-state index >= 15 is 0 Å². The molecule has 0 unspecified atom stereocenters. The highest BCUT2D eigenvalue weighted by atomic mass is 28.3. The first-order valence-electron chi connectivity index (χ1n) is 9.14. The van der Waals surface area contributed by atoms with Gasteiger partial charge in [0.15, 0.2) is 0 Å². The molecule has 22 heavy (non-hydrogen) atoms. The van der Waals surface area contributed by atoms with Gasteiger partial charge in [-0.1, -0.05) is 39.8 Å². The topological polar surface area (TPSA) is 36.9 Å². The Labute approximate surface area is 142 Å². The molecule has 0 N–H and O–H groups in total. The third-order valence-corrected chi connectivity index (χ3v) is 8.54. The zero-order chi connectivity index (χ0) is 16.6. The summed E-state index contributed by atoms with van der Waals surface area (Å²) in [5, 5.41) is 0.720. The third kappa shape index (κ3) is 12.8. The van der Waals surface area contributed by atoms with E-state index in [0.29, 0.717) is 0 Å². The number of rotatable bonds is 16. The van der Waals surface area contributed by atoms with Crippen molar-refractivity contribution >= 4 is 19.0 Å². The van der Waals surface area contributed by atoms with Gasteiger partial charge in [-0.2, -0.15) is 0 Å². The SMILES string of the molecule is CCCOC(OCCC)[SiH2]C(C)[SiH2]C(OCCC)OCCC. The van der Waals surface area contributed by atoms with E-state index in [2.05, 4.69) is 34.6 Å². The first kappa shape index (κ1) is 22.3. The van der Waals surface area contributed by atoms with Crippen molar-refractivity contribution in [1.82, 2.24) is 0 Å². The summed E-state index contributed by atoms with van der Waals surface area (Å²) in [5.41, 5.74) is 0. The molecule has 0 aromatic rings. The molecule has 0 heterocycles. The lowest BCUT2D eigenvalue weighted by atomic mass is 10.5. The van der Waals surface area contributed by atoms with Crippen molar-refractivity contribution in [2.45, 2.75) is 77.3 Å².